The predicted octanol–water partition coefficient (Wildman–Crippen LogP) is 5.03. The van der Waals surface area contributed by atoms with Gasteiger partial charge in [0.05, 0.1) is 60.6 Å². The Labute approximate surface area is 252 Å². The maximum atomic E-state index is 15.0. The molecule has 3 aromatic rings. The largest absolute Gasteiger partial charge is 0.467 e. The van der Waals surface area contributed by atoms with E-state index in [0.29, 0.717) is 42.3 Å². The highest BCUT2D eigenvalue weighted by Crippen LogP contribution is 2.43. The molecule has 0 radical (unpaired) electrons. The van der Waals surface area contributed by atoms with Gasteiger partial charge in [-0.2, -0.15) is 28.2 Å². The number of carbonyl (C=O) groups is 1. The molecule has 1 unspecified atom stereocenters. The van der Waals surface area contributed by atoms with Crippen LogP contribution in [0, 0.1) is 5.82 Å². The molecule has 2 N–H and O–H groups in total. The molecule has 0 saturated carbocycles. The number of aryl methyl sites for hydroxylation is 1. The molecule has 1 amide bonds. The van der Waals surface area contributed by atoms with Crippen molar-refractivity contribution >= 4 is 29.0 Å². The van der Waals surface area contributed by atoms with Gasteiger partial charge in [0.2, 0.25) is 0 Å². The van der Waals surface area contributed by atoms with Gasteiger partial charge in [-0.05, 0) is 25.5 Å². The molecule has 44 heavy (non-hydrogen) atoms. The number of nitrogens with two attached hydrogens (primary N) is 1. The number of nitrogen functional groups attached to an aromatic ring is 1. The average molecular weight is 648 g/mol. The number of nitrogens with zero attached hydrogens (tertiary/aromatic N) is 6. The van der Waals surface area contributed by atoms with Crippen LogP contribution in [0.15, 0.2) is 12.1 Å². The Balaban J connectivity index is 1.49. The molecule has 2 aliphatic rings. The van der Waals surface area contributed by atoms with Crippen molar-refractivity contribution in [3.8, 4) is 6.01 Å². The van der Waals surface area contributed by atoms with Gasteiger partial charge in [0, 0.05) is 37.2 Å². The molecule has 5 rings (SSSR count). The maximum Gasteiger partial charge on any atom is 0.416 e. The van der Waals surface area contributed by atoms with Crippen LogP contribution >= 0.6 is 11.6 Å². The molecule has 17 heteroatoms. The highest BCUT2D eigenvalue weighted by molar-refractivity contribution is 6.34. The van der Waals surface area contributed by atoms with Crippen molar-refractivity contribution in [2.45, 2.75) is 58.2 Å². The topological polar surface area (TPSA) is 112 Å². The summed E-state index contributed by atoms with van der Waals surface area (Å²) in [5, 5.41) is 4.34. The van der Waals surface area contributed by atoms with Gasteiger partial charge in [-0.25, -0.2) is 13.2 Å². The standard InChI is InChI=1S/C27H28ClF6N7O3/c1-3-39(11-19(29)30)25(42)23-21(28)17-10-40(7-4-8-41(17)38-23)24-13-12-44-18(9-16(13)36-26(37-24)43-2)20-14(27(32,33)34)5-6-15(35)22(20)31/h5-6,18-19H,3-4,7-12,35H2,1-2H3. The number of rotatable bonds is 7. The van der Waals surface area contributed by atoms with Gasteiger partial charge < -0.3 is 25.0 Å². The van der Waals surface area contributed by atoms with Gasteiger partial charge in [-0.1, -0.05) is 11.6 Å². The number of amides is 1. The van der Waals surface area contributed by atoms with Crippen molar-refractivity contribution < 1.29 is 40.6 Å². The molecule has 2 aliphatic heterocycles. The summed E-state index contributed by atoms with van der Waals surface area (Å²) in [5.74, 6) is -1.59. The summed E-state index contributed by atoms with van der Waals surface area (Å²) in [6, 6.07) is 1.50. The number of benzene rings is 1. The zero-order valence-corrected chi connectivity index (χ0v) is 24.4. The quantitative estimate of drug-likeness (QED) is 0.281. The molecule has 4 heterocycles. The van der Waals surface area contributed by atoms with Crippen LogP contribution in [0.3, 0.4) is 0 Å². The minimum absolute atomic E-state index is 0.0117. The van der Waals surface area contributed by atoms with Crippen molar-refractivity contribution in [3.05, 3.63) is 56.7 Å². The summed E-state index contributed by atoms with van der Waals surface area (Å²) in [5.41, 5.74) is 4.29. The van der Waals surface area contributed by atoms with E-state index < -0.39 is 53.8 Å². The van der Waals surface area contributed by atoms with Crippen LogP contribution in [0.4, 0.5) is 37.8 Å². The minimum Gasteiger partial charge on any atom is -0.467 e. The number of fused-ring (bicyclic) bond motifs is 2. The molecule has 0 saturated heterocycles. The number of ether oxygens (including phenoxy) is 2. The van der Waals surface area contributed by atoms with Crippen LogP contribution < -0.4 is 15.4 Å². The lowest BCUT2D eigenvalue weighted by molar-refractivity contribution is -0.140. The number of anilines is 2. The van der Waals surface area contributed by atoms with Gasteiger partial charge in [0.1, 0.15) is 5.82 Å². The summed E-state index contributed by atoms with van der Waals surface area (Å²) < 4.78 is 95.2. The van der Waals surface area contributed by atoms with Crippen molar-refractivity contribution in [2.24, 2.45) is 0 Å². The maximum absolute atomic E-state index is 15.0. The molecule has 1 aromatic carbocycles. The van der Waals surface area contributed by atoms with E-state index in [-0.39, 0.29) is 42.8 Å². The van der Waals surface area contributed by atoms with Crippen LogP contribution in [0.5, 0.6) is 6.01 Å². The van der Waals surface area contributed by atoms with Crippen LogP contribution in [0.1, 0.15) is 58.0 Å². The van der Waals surface area contributed by atoms with Gasteiger partial charge in [-0.3, -0.25) is 9.48 Å². The first-order valence-electron chi connectivity index (χ1n) is 13.6. The number of alkyl halides is 5. The molecule has 238 valence electrons. The number of methoxy groups -OCH3 is 1. The van der Waals surface area contributed by atoms with E-state index in [1.165, 1.54) is 7.11 Å². The molecule has 0 bridgehead atoms. The van der Waals surface area contributed by atoms with E-state index in [9.17, 15) is 26.7 Å². The predicted molar refractivity (Wildman–Crippen MR) is 146 cm³/mol. The Bertz CT molecular complexity index is 1570. The normalized spacial score (nSPS) is 16.9. The summed E-state index contributed by atoms with van der Waals surface area (Å²) in [4.78, 5) is 24.6. The first kappa shape index (κ1) is 31.6. The van der Waals surface area contributed by atoms with Gasteiger partial charge in [0.25, 0.3) is 12.3 Å². The van der Waals surface area contributed by atoms with Gasteiger partial charge in [-0.15, -0.1) is 0 Å². The van der Waals surface area contributed by atoms with E-state index in [0.717, 1.165) is 17.0 Å². The Morgan fingerprint density at radius 3 is 2.68 bits per heavy atom. The molecular formula is C27H28ClF6N7O3. The van der Waals surface area contributed by atoms with Crippen molar-refractivity contribution in [2.75, 3.05) is 37.4 Å². The third-order valence-electron chi connectivity index (χ3n) is 7.54. The zero-order chi connectivity index (χ0) is 31.9. The number of carbonyl (C=O) groups excluding carboxylic acids is 1. The molecule has 0 fully saturated rings. The van der Waals surface area contributed by atoms with Crippen molar-refractivity contribution in [1.29, 1.82) is 0 Å². The Kier molecular flexibility index (Phi) is 8.84. The third-order valence-corrected chi connectivity index (χ3v) is 7.94. The highest BCUT2D eigenvalue weighted by atomic mass is 35.5. The average Bonchev–Trinajstić information content (AvgIpc) is 3.14. The first-order chi connectivity index (χ1) is 20.8. The van der Waals surface area contributed by atoms with Crippen molar-refractivity contribution in [3.63, 3.8) is 0 Å². The Hall–Kier alpha value is -3.79. The second-order valence-corrected chi connectivity index (χ2v) is 10.6. The molecule has 0 spiro atoms. The number of aromatic nitrogens is 4. The molecule has 0 aliphatic carbocycles. The fourth-order valence-corrected chi connectivity index (χ4v) is 5.69. The lowest BCUT2D eigenvalue weighted by Gasteiger charge is -2.31. The van der Waals surface area contributed by atoms with E-state index >= 15 is 4.39 Å². The monoisotopic (exact) mass is 647 g/mol. The highest BCUT2D eigenvalue weighted by Gasteiger charge is 2.40. The Morgan fingerprint density at radius 2 is 2.02 bits per heavy atom. The van der Waals surface area contributed by atoms with E-state index in [1.807, 2.05) is 4.90 Å². The number of hydrogen-bond acceptors (Lipinski definition) is 8. The second kappa shape index (κ2) is 12.3. The zero-order valence-electron chi connectivity index (χ0n) is 23.6. The number of hydrogen-bond donors (Lipinski definition) is 1. The summed E-state index contributed by atoms with van der Waals surface area (Å²) in [6.45, 7) is 1.46. The third kappa shape index (κ3) is 5.96. The van der Waals surface area contributed by atoms with Gasteiger partial charge in [0.15, 0.2) is 11.5 Å². The summed E-state index contributed by atoms with van der Waals surface area (Å²) in [6.07, 6.45) is -8.65. The lowest BCUT2D eigenvalue weighted by Crippen LogP contribution is -2.35. The first-order valence-corrected chi connectivity index (χ1v) is 14.0. The van der Waals surface area contributed by atoms with Crippen LogP contribution in [0.2, 0.25) is 5.02 Å². The fourth-order valence-electron chi connectivity index (χ4n) is 5.41. The van der Waals surface area contributed by atoms with E-state index in [2.05, 4.69) is 15.1 Å². The molecule has 10 nitrogen and oxygen atoms in total. The fraction of sp³-hybridized carbons (Fsp3) is 0.481. The van der Waals surface area contributed by atoms with Crippen LogP contribution in [-0.2, 0) is 37.0 Å². The van der Waals surface area contributed by atoms with Crippen LogP contribution in [0.25, 0.3) is 0 Å². The number of halogens is 7. The lowest BCUT2D eigenvalue weighted by atomic mass is 9.94. The van der Waals surface area contributed by atoms with Gasteiger partial charge >= 0.3 is 12.2 Å². The van der Waals surface area contributed by atoms with Crippen molar-refractivity contribution in [1.82, 2.24) is 24.6 Å². The second-order valence-electron chi connectivity index (χ2n) is 10.2. The minimum atomic E-state index is -4.86. The SMILES string of the molecule is CCN(CC(F)F)C(=O)c1nn2c(c1Cl)CN(c1nc(OC)nc3c1COC(c1c(C(F)(F)F)ccc(N)c1F)C3)CCC2. The van der Waals surface area contributed by atoms with E-state index in [1.54, 1.807) is 11.6 Å². The smallest absolute Gasteiger partial charge is 0.416 e. The summed E-state index contributed by atoms with van der Waals surface area (Å²) in [7, 11) is 1.33. The van der Waals surface area contributed by atoms with E-state index in [4.69, 9.17) is 26.8 Å². The summed E-state index contributed by atoms with van der Waals surface area (Å²) >= 11 is 6.60. The molecular weight excluding hydrogens is 620 g/mol. The molecule has 1 atom stereocenters. The van der Waals surface area contributed by atoms with Crippen LogP contribution in [-0.4, -0.2) is 63.7 Å². The molecule has 2 aromatic heterocycles. The Morgan fingerprint density at radius 1 is 1.27 bits per heavy atom.